The fourth-order valence-electron chi connectivity index (χ4n) is 2.19. The van der Waals surface area contributed by atoms with E-state index in [0.29, 0.717) is 0 Å². The summed E-state index contributed by atoms with van der Waals surface area (Å²) in [4.78, 5) is 5.73. The van der Waals surface area contributed by atoms with Crippen LogP contribution in [0.3, 0.4) is 0 Å². The van der Waals surface area contributed by atoms with Crippen LogP contribution in [-0.2, 0) is 6.42 Å². The maximum absolute atomic E-state index is 4.73. The van der Waals surface area contributed by atoms with Gasteiger partial charge in [-0.2, -0.15) is 5.10 Å². The fourth-order valence-corrected chi connectivity index (χ4v) is 3.23. The molecule has 98 valence electrons. The Bertz CT molecular complexity index is 707. The van der Waals surface area contributed by atoms with Crippen LogP contribution in [0.4, 0.5) is 0 Å². The van der Waals surface area contributed by atoms with Crippen LogP contribution in [0.15, 0.2) is 24.3 Å². The van der Waals surface area contributed by atoms with E-state index in [1.807, 2.05) is 4.52 Å². The lowest BCUT2D eigenvalue weighted by Crippen LogP contribution is -1.91. The topological polar surface area (TPSA) is 30.2 Å². The molecule has 0 atom stereocenters. The molecular formula is C15H17N3S. The molecule has 0 spiro atoms. The molecule has 0 saturated heterocycles. The molecule has 0 aliphatic carbocycles. The molecule has 0 amide bonds. The van der Waals surface area contributed by atoms with Crippen LogP contribution in [0.1, 0.15) is 29.6 Å². The summed E-state index contributed by atoms with van der Waals surface area (Å²) in [5.41, 5.74) is 4.60. The van der Waals surface area contributed by atoms with Crippen LogP contribution >= 0.6 is 11.3 Å². The summed E-state index contributed by atoms with van der Waals surface area (Å²) in [6.07, 6.45) is 2.16. The minimum atomic E-state index is 0.997. The van der Waals surface area contributed by atoms with Crippen molar-refractivity contribution in [2.75, 3.05) is 0 Å². The molecule has 0 N–H and O–H groups in total. The number of imidazole rings is 1. The highest BCUT2D eigenvalue weighted by Gasteiger charge is 2.14. The van der Waals surface area contributed by atoms with Gasteiger partial charge in [0.05, 0.1) is 11.4 Å². The molecule has 3 rings (SSSR count). The summed E-state index contributed by atoms with van der Waals surface area (Å²) in [7, 11) is 0. The molecule has 0 fully saturated rings. The molecule has 0 unspecified atom stereocenters. The van der Waals surface area contributed by atoms with Crippen LogP contribution in [0, 0.1) is 13.8 Å². The smallest absolute Gasteiger partial charge is 0.212 e. The second-order valence-corrected chi connectivity index (χ2v) is 5.89. The molecule has 1 aromatic carbocycles. The second-order valence-electron chi connectivity index (χ2n) is 4.85. The van der Waals surface area contributed by atoms with Crippen molar-refractivity contribution >= 4 is 16.3 Å². The number of aromatic nitrogens is 3. The lowest BCUT2D eigenvalue weighted by molar-refractivity contribution is 0.835. The van der Waals surface area contributed by atoms with Gasteiger partial charge in [-0.15, -0.1) is 0 Å². The molecule has 0 bridgehead atoms. The molecule has 0 aliphatic rings. The van der Waals surface area contributed by atoms with Crippen LogP contribution < -0.4 is 0 Å². The van der Waals surface area contributed by atoms with Gasteiger partial charge in [-0.05, 0) is 20.3 Å². The first-order chi connectivity index (χ1) is 9.19. The Morgan fingerprint density at radius 1 is 1.16 bits per heavy atom. The first-order valence-corrected chi connectivity index (χ1v) is 7.42. The van der Waals surface area contributed by atoms with Crippen molar-refractivity contribution in [3.63, 3.8) is 0 Å². The van der Waals surface area contributed by atoms with E-state index >= 15 is 0 Å². The van der Waals surface area contributed by atoms with Gasteiger partial charge in [0.1, 0.15) is 5.01 Å². The lowest BCUT2D eigenvalue weighted by Gasteiger charge is -1.99. The average molecular weight is 271 g/mol. The van der Waals surface area contributed by atoms with Crippen LogP contribution in [0.25, 0.3) is 16.2 Å². The SMILES string of the molecule is CCCc1nn2c(C)c(-c3ccc(C)cc3)nc2s1. The van der Waals surface area contributed by atoms with Gasteiger partial charge >= 0.3 is 0 Å². The first kappa shape index (κ1) is 12.4. The third-order valence-corrected chi connectivity index (χ3v) is 4.23. The minimum absolute atomic E-state index is 0.997. The predicted octanol–water partition coefficient (Wildman–Crippen LogP) is 4.03. The minimum Gasteiger partial charge on any atom is -0.217 e. The van der Waals surface area contributed by atoms with Gasteiger partial charge in [-0.25, -0.2) is 9.50 Å². The Balaban J connectivity index is 2.07. The van der Waals surface area contributed by atoms with Crippen molar-refractivity contribution < 1.29 is 0 Å². The van der Waals surface area contributed by atoms with E-state index in [9.17, 15) is 0 Å². The van der Waals surface area contributed by atoms with E-state index in [1.165, 1.54) is 10.6 Å². The van der Waals surface area contributed by atoms with Crippen molar-refractivity contribution in [3.8, 4) is 11.3 Å². The molecular weight excluding hydrogens is 254 g/mol. The Morgan fingerprint density at radius 3 is 2.53 bits per heavy atom. The van der Waals surface area contributed by atoms with Gasteiger partial charge in [-0.3, -0.25) is 0 Å². The van der Waals surface area contributed by atoms with Crippen LogP contribution in [0.2, 0.25) is 0 Å². The molecule has 2 heterocycles. The normalized spacial score (nSPS) is 11.3. The molecule has 19 heavy (non-hydrogen) atoms. The van der Waals surface area contributed by atoms with E-state index in [4.69, 9.17) is 4.98 Å². The number of hydrogen-bond donors (Lipinski definition) is 0. The Hall–Kier alpha value is -1.68. The maximum Gasteiger partial charge on any atom is 0.212 e. The van der Waals surface area contributed by atoms with Gasteiger partial charge in [-0.1, -0.05) is 48.1 Å². The zero-order valence-electron chi connectivity index (χ0n) is 11.5. The number of benzene rings is 1. The fraction of sp³-hybridized carbons (Fsp3) is 0.333. The summed E-state index contributed by atoms with van der Waals surface area (Å²) in [5, 5.41) is 5.81. The monoisotopic (exact) mass is 271 g/mol. The highest BCUT2D eigenvalue weighted by atomic mass is 32.1. The predicted molar refractivity (Wildman–Crippen MR) is 79.8 cm³/mol. The van der Waals surface area contributed by atoms with Crippen molar-refractivity contribution in [2.45, 2.75) is 33.6 Å². The molecule has 0 radical (unpaired) electrons. The average Bonchev–Trinajstić information content (AvgIpc) is 2.91. The number of fused-ring (bicyclic) bond motifs is 1. The van der Waals surface area contributed by atoms with Gasteiger partial charge in [0.2, 0.25) is 4.96 Å². The summed E-state index contributed by atoms with van der Waals surface area (Å²) < 4.78 is 1.98. The van der Waals surface area contributed by atoms with E-state index in [1.54, 1.807) is 11.3 Å². The van der Waals surface area contributed by atoms with E-state index in [0.717, 1.165) is 34.8 Å². The standard InChI is InChI=1S/C15H17N3S/c1-4-5-13-17-18-11(3)14(16-15(18)19-13)12-8-6-10(2)7-9-12/h6-9H,4-5H2,1-3H3. The molecule has 3 aromatic rings. The van der Waals surface area contributed by atoms with Gasteiger partial charge in [0, 0.05) is 12.0 Å². The molecule has 0 saturated carbocycles. The van der Waals surface area contributed by atoms with Gasteiger partial charge in [0.15, 0.2) is 0 Å². The van der Waals surface area contributed by atoms with Crippen molar-refractivity contribution in [1.82, 2.24) is 14.6 Å². The lowest BCUT2D eigenvalue weighted by atomic mass is 10.1. The Labute approximate surface area is 116 Å². The number of aryl methyl sites for hydroxylation is 3. The van der Waals surface area contributed by atoms with E-state index in [-0.39, 0.29) is 0 Å². The quantitative estimate of drug-likeness (QED) is 0.720. The summed E-state index contributed by atoms with van der Waals surface area (Å²) >= 11 is 1.70. The molecule has 3 nitrogen and oxygen atoms in total. The first-order valence-electron chi connectivity index (χ1n) is 6.61. The number of rotatable bonds is 3. The van der Waals surface area contributed by atoms with Crippen molar-refractivity contribution in [1.29, 1.82) is 0 Å². The van der Waals surface area contributed by atoms with Crippen molar-refractivity contribution in [3.05, 3.63) is 40.5 Å². The van der Waals surface area contributed by atoms with Gasteiger partial charge < -0.3 is 0 Å². The van der Waals surface area contributed by atoms with Crippen LogP contribution in [-0.4, -0.2) is 14.6 Å². The number of hydrogen-bond acceptors (Lipinski definition) is 3. The summed E-state index contributed by atoms with van der Waals surface area (Å²) in [6, 6.07) is 8.50. The molecule has 2 aromatic heterocycles. The second kappa shape index (κ2) is 4.78. The highest BCUT2D eigenvalue weighted by molar-refractivity contribution is 7.16. The zero-order valence-corrected chi connectivity index (χ0v) is 12.3. The highest BCUT2D eigenvalue weighted by Crippen LogP contribution is 2.26. The summed E-state index contributed by atoms with van der Waals surface area (Å²) in [6.45, 7) is 6.36. The van der Waals surface area contributed by atoms with E-state index in [2.05, 4.69) is 50.1 Å². The van der Waals surface area contributed by atoms with Gasteiger partial charge in [0.25, 0.3) is 0 Å². The molecule has 0 aliphatic heterocycles. The van der Waals surface area contributed by atoms with Crippen molar-refractivity contribution in [2.24, 2.45) is 0 Å². The third-order valence-electron chi connectivity index (χ3n) is 3.26. The Kier molecular flexibility index (Phi) is 3.11. The van der Waals surface area contributed by atoms with E-state index < -0.39 is 0 Å². The zero-order chi connectivity index (χ0) is 13.4. The Morgan fingerprint density at radius 2 is 1.89 bits per heavy atom. The van der Waals surface area contributed by atoms with Crippen LogP contribution in [0.5, 0.6) is 0 Å². The maximum atomic E-state index is 4.73. The molecule has 4 heteroatoms. The number of nitrogens with zero attached hydrogens (tertiary/aromatic N) is 3. The largest absolute Gasteiger partial charge is 0.217 e. The third kappa shape index (κ3) is 2.16. The summed E-state index contributed by atoms with van der Waals surface area (Å²) in [5.74, 6) is 0.